The highest BCUT2D eigenvalue weighted by molar-refractivity contribution is 5.49. The summed E-state index contributed by atoms with van der Waals surface area (Å²) in [4.78, 5) is 20.3. The molecule has 1 unspecified atom stereocenters. The lowest BCUT2D eigenvalue weighted by molar-refractivity contribution is 0.207. The Hall–Kier alpha value is -2.21. The number of likely N-dealkylation sites (N-methyl/N-ethyl adjacent to an activating group) is 1. The van der Waals surface area contributed by atoms with Gasteiger partial charge in [-0.2, -0.15) is 0 Å². The fraction of sp³-hybridized carbons (Fsp3) is 0.550. The molecular formula is C20H30N6. The number of pyridine rings is 1. The van der Waals surface area contributed by atoms with E-state index < -0.39 is 0 Å². The monoisotopic (exact) mass is 354 g/mol. The van der Waals surface area contributed by atoms with Crippen LogP contribution in [0.2, 0.25) is 0 Å². The Labute approximate surface area is 156 Å². The van der Waals surface area contributed by atoms with Crippen LogP contribution in [0.25, 0.3) is 0 Å². The molecule has 1 aliphatic heterocycles. The van der Waals surface area contributed by atoms with E-state index in [1.54, 1.807) is 6.33 Å². The molecule has 0 radical (unpaired) electrons. The van der Waals surface area contributed by atoms with E-state index in [-0.39, 0.29) is 0 Å². The van der Waals surface area contributed by atoms with Gasteiger partial charge in [-0.25, -0.2) is 9.97 Å². The van der Waals surface area contributed by atoms with Crippen molar-refractivity contribution in [2.45, 2.75) is 32.2 Å². The third kappa shape index (κ3) is 4.69. The maximum atomic E-state index is 4.63. The summed E-state index contributed by atoms with van der Waals surface area (Å²) in [6.45, 7) is 5.36. The molecule has 0 spiro atoms. The number of rotatable bonds is 6. The quantitative estimate of drug-likeness (QED) is 0.794. The van der Waals surface area contributed by atoms with Gasteiger partial charge < -0.3 is 14.7 Å². The standard InChI is InChI=1S/C20H30N6/c1-16-7-5-8-17(23-16)10-12-26-11-6-9-18(14-26)25(4)20-13-19(24(2)3)21-15-22-20/h5,7-8,13,15,18H,6,9-12,14H2,1-4H3. The van der Waals surface area contributed by atoms with Crippen LogP contribution in [-0.4, -0.2) is 66.7 Å². The molecule has 140 valence electrons. The normalized spacial score (nSPS) is 17.9. The van der Waals surface area contributed by atoms with Crippen LogP contribution < -0.4 is 9.80 Å². The van der Waals surface area contributed by atoms with E-state index in [0.717, 1.165) is 36.8 Å². The largest absolute Gasteiger partial charge is 0.363 e. The van der Waals surface area contributed by atoms with Gasteiger partial charge in [0.25, 0.3) is 0 Å². The van der Waals surface area contributed by atoms with Gasteiger partial charge in [0.1, 0.15) is 18.0 Å². The molecule has 2 aromatic rings. The first-order chi connectivity index (χ1) is 12.5. The number of likely N-dealkylation sites (tertiary alicyclic amines) is 1. The number of hydrogen-bond acceptors (Lipinski definition) is 6. The summed E-state index contributed by atoms with van der Waals surface area (Å²) < 4.78 is 0. The molecule has 1 saturated heterocycles. The average Bonchev–Trinajstić information content (AvgIpc) is 2.66. The fourth-order valence-corrected chi connectivity index (χ4v) is 3.52. The summed E-state index contributed by atoms with van der Waals surface area (Å²) >= 11 is 0. The summed E-state index contributed by atoms with van der Waals surface area (Å²) in [5.74, 6) is 1.94. The Balaban J connectivity index is 1.60. The van der Waals surface area contributed by atoms with Crippen molar-refractivity contribution in [1.29, 1.82) is 0 Å². The van der Waals surface area contributed by atoms with Crippen molar-refractivity contribution in [3.05, 3.63) is 42.0 Å². The van der Waals surface area contributed by atoms with Gasteiger partial charge in [0, 0.05) is 64.1 Å². The third-order valence-electron chi connectivity index (χ3n) is 5.12. The fourth-order valence-electron chi connectivity index (χ4n) is 3.52. The number of hydrogen-bond donors (Lipinski definition) is 0. The summed E-state index contributed by atoms with van der Waals surface area (Å²) in [5, 5.41) is 0. The molecule has 1 aliphatic rings. The maximum Gasteiger partial charge on any atom is 0.134 e. The van der Waals surface area contributed by atoms with Gasteiger partial charge in [0.05, 0.1) is 0 Å². The van der Waals surface area contributed by atoms with Crippen LogP contribution in [0.15, 0.2) is 30.6 Å². The molecule has 0 aromatic carbocycles. The summed E-state index contributed by atoms with van der Waals surface area (Å²) in [7, 11) is 6.17. The predicted octanol–water partition coefficient (Wildman–Crippen LogP) is 2.39. The van der Waals surface area contributed by atoms with Gasteiger partial charge in [0.2, 0.25) is 0 Å². The van der Waals surface area contributed by atoms with E-state index in [4.69, 9.17) is 0 Å². The highest BCUT2D eigenvalue weighted by Gasteiger charge is 2.24. The van der Waals surface area contributed by atoms with Gasteiger partial charge in [0.15, 0.2) is 0 Å². The highest BCUT2D eigenvalue weighted by atomic mass is 15.3. The molecule has 3 rings (SSSR count). The molecule has 0 bridgehead atoms. The van der Waals surface area contributed by atoms with E-state index in [2.05, 4.69) is 63.0 Å². The number of nitrogens with zero attached hydrogens (tertiary/aromatic N) is 6. The van der Waals surface area contributed by atoms with Gasteiger partial charge in [-0.3, -0.25) is 4.98 Å². The Morgan fingerprint density at radius 3 is 2.73 bits per heavy atom. The zero-order valence-electron chi connectivity index (χ0n) is 16.4. The number of anilines is 2. The topological polar surface area (TPSA) is 48.4 Å². The van der Waals surface area contributed by atoms with E-state index in [1.807, 2.05) is 19.0 Å². The molecule has 3 heterocycles. The lowest BCUT2D eigenvalue weighted by atomic mass is 10.0. The van der Waals surface area contributed by atoms with Crippen LogP contribution in [0, 0.1) is 6.92 Å². The van der Waals surface area contributed by atoms with Gasteiger partial charge in [-0.1, -0.05) is 6.07 Å². The van der Waals surface area contributed by atoms with Crippen molar-refractivity contribution in [2.24, 2.45) is 0 Å². The first-order valence-corrected chi connectivity index (χ1v) is 9.40. The Morgan fingerprint density at radius 2 is 1.96 bits per heavy atom. The number of aromatic nitrogens is 3. The minimum atomic E-state index is 0.485. The molecule has 0 aliphatic carbocycles. The Kier molecular flexibility index (Phi) is 6.04. The van der Waals surface area contributed by atoms with E-state index in [9.17, 15) is 0 Å². The summed E-state index contributed by atoms with van der Waals surface area (Å²) in [6.07, 6.45) is 5.10. The van der Waals surface area contributed by atoms with Crippen molar-refractivity contribution in [1.82, 2.24) is 19.9 Å². The maximum absolute atomic E-state index is 4.63. The molecule has 0 amide bonds. The zero-order chi connectivity index (χ0) is 18.5. The summed E-state index contributed by atoms with van der Waals surface area (Å²) in [5.41, 5.74) is 2.28. The van der Waals surface area contributed by atoms with Crippen molar-refractivity contribution >= 4 is 11.6 Å². The van der Waals surface area contributed by atoms with Gasteiger partial charge in [-0.05, 0) is 38.4 Å². The van der Waals surface area contributed by atoms with Gasteiger partial charge >= 0.3 is 0 Å². The van der Waals surface area contributed by atoms with Crippen molar-refractivity contribution < 1.29 is 0 Å². The second kappa shape index (κ2) is 8.45. The van der Waals surface area contributed by atoms with Crippen LogP contribution in [-0.2, 0) is 6.42 Å². The highest BCUT2D eigenvalue weighted by Crippen LogP contribution is 2.22. The molecule has 2 aromatic heterocycles. The summed E-state index contributed by atoms with van der Waals surface area (Å²) in [6, 6.07) is 8.83. The van der Waals surface area contributed by atoms with Crippen molar-refractivity contribution in [2.75, 3.05) is 50.6 Å². The second-order valence-corrected chi connectivity index (χ2v) is 7.36. The molecule has 1 atom stereocenters. The van der Waals surface area contributed by atoms with Crippen LogP contribution >= 0.6 is 0 Å². The minimum absolute atomic E-state index is 0.485. The van der Waals surface area contributed by atoms with Crippen LogP contribution in [0.1, 0.15) is 24.2 Å². The molecule has 6 heteroatoms. The molecule has 0 saturated carbocycles. The van der Waals surface area contributed by atoms with Crippen molar-refractivity contribution in [3.8, 4) is 0 Å². The predicted molar refractivity (Wildman–Crippen MR) is 107 cm³/mol. The Bertz CT molecular complexity index is 717. The average molecular weight is 355 g/mol. The van der Waals surface area contributed by atoms with Crippen LogP contribution in [0.3, 0.4) is 0 Å². The first kappa shape index (κ1) is 18.6. The minimum Gasteiger partial charge on any atom is -0.363 e. The molecule has 26 heavy (non-hydrogen) atoms. The second-order valence-electron chi connectivity index (χ2n) is 7.36. The van der Waals surface area contributed by atoms with Crippen molar-refractivity contribution in [3.63, 3.8) is 0 Å². The first-order valence-electron chi connectivity index (χ1n) is 9.40. The lowest BCUT2D eigenvalue weighted by Crippen LogP contribution is -2.47. The van der Waals surface area contributed by atoms with E-state index in [0.29, 0.717) is 6.04 Å². The smallest absolute Gasteiger partial charge is 0.134 e. The van der Waals surface area contributed by atoms with E-state index >= 15 is 0 Å². The third-order valence-corrected chi connectivity index (χ3v) is 5.12. The molecular weight excluding hydrogens is 324 g/mol. The molecule has 1 fully saturated rings. The van der Waals surface area contributed by atoms with Crippen LogP contribution in [0.5, 0.6) is 0 Å². The lowest BCUT2D eigenvalue weighted by Gasteiger charge is -2.38. The number of piperidine rings is 1. The van der Waals surface area contributed by atoms with Crippen LogP contribution in [0.4, 0.5) is 11.6 Å². The zero-order valence-corrected chi connectivity index (χ0v) is 16.4. The van der Waals surface area contributed by atoms with E-state index in [1.165, 1.54) is 25.1 Å². The molecule has 6 nitrogen and oxygen atoms in total. The Morgan fingerprint density at radius 1 is 1.15 bits per heavy atom. The number of aryl methyl sites for hydroxylation is 1. The molecule has 0 N–H and O–H groups in total. The SMILES string of the molecule is Cc1cccc(CCN2CCCC(N(C)c3cc(N(C)C)ncn3)C2)n1. The van der Waals surface area contributed by atoms with Gasteiger partial charge in [-0.15, -0.1) is 0 Å².